The number of hydrogen-bond acceptors (Lipinski definition) is 5. The molecular formula is C19H17F2N5O3S. The van der Waals surface area contributed by atoms with Crippen molar-refractivity contribution in [1.29, 1.82) is 0 Å². The Morgan fingerprint density at radius 3 is 2.53 bits per heavy atom. The molecule has 0 bridgehead atoms. The van der Waals surface area contributed by atoms with Crippen molar-refractivity contribution >= 4 is 21.6 Å². The van der Waals surface area contributed by atoms with Crippen molar-refractivity contribution in [3.8, 4) is 5.82 Å². The number of aryl methyl sites for hydroxylation is 1. The summed E-state index contributed by atoms with van der Waals surface area (Å²) in [4.78, 5) is 20.0. The molecule has 1 aliphatic rings. The number of nitrogens with zero attached hydrogens (tertiary/aromatic N) is 3. The summed E-state index contributed by atoms with van der Waals surface area (Å²) < 4.78 is 57.6. The van der Waals surface area contributed by atoms with Crippen LogP contribution in [0.3, 0.4) is 0 Å². The van der Waals surface area contributed by atoms with Crippen LogP contribution in [0, 0.1) is 18.6 Å². The Bertz CT molecular complexity index is 1220. The Kier molecular flexibility index (Phi) is 5.08. The first-order valence-corrected chi connectivity index (χ1v) is 10.5. The molecule has 156 valence electrons. The number of nitrogens with one attached hydrogen (secondary N) is 2. The van der Waals surface area contributed by atoms with E-state index in [4.69, 9.17) is 0 Å². The smallest absolute Gasteiger partial charge is 0.261 e. The molecule has 1 saturated carbocycles. The van der Waals surface area contributed by atoms with E-state index in [1.807, 2.05) is 0 Å². The lowest BCUT2D eigenvalue weighted by Crippen LogP contribution is -2.28. The number of hydrogen-bond donors (Lipinski definition) is 2. The third-order valence-corrected chi connectivity index (χ3v) is 6.09. The lowest BCUT2D eigenvalue weighted by molar-refractivity contribution is 0.101. The zero-order valence-electron chi connectivity index (χ0n) is 15.8. The van der Waals surface area contributed by atoms with Crippen LogP contribution in [0.4, 0.5) is 14.5 Å². The lowest BCUT2D eigenvalue weighted by atomic mass is 10.2. The molecule has 2 N–H and O–H groups in total. The monoisotopic (exact) mass is 433 g/mol. The maximum Gasteiger partial charge on any atom is 0.261 e. The number of benzene rings is 1. The summed E-state index contributed by atoms with van der Waals surface area (Å²) in [5.41, 5.74) is -0.798. The molecule has 8 nitrogen and oxygen atoms in total. The van der Waals surface area contributed by atoms with E-state index in [0.717, 1.165) is 12.1 Å². The predicted octanol–water partition coefficient (Wildman–Crippen LogP) is 2.55. The van der Waals surface area contributed by atoms with Crippen molar-refractivity contribution in [3.05, 3.63) is 65.9 Å². The summed E-state index contributed by atoms with van der Waals surface area (Å²) >= 11 is 0. The van der Waals surface area contributed by atoms with E-state index < -0.39 is 38.0 Å². The maximum atomic E-state index is 14.8. The van der Waals surface area contributed by atoms with E-state index in [2.05, 4.69) is 20.0 Å². The van der Waals surface area contributed by atoms with E-state index in [9.17, 15) is 22.0 Å². The highest BCUT2D eigenvalue weighted by Gasteiger charge is 2.32. The van der Waals surface area contributed by atoms with E-state index >= 15 is 0 Å². The Morgan fingerprint density at radius 1 is 1.17 bits per heavy atom. The number of rotatable bonds is 6. The third kappa shape index (κ3) is 3.94. The summed E-state index contributed by atoms with van der Waals surface area (Å²) in [6, 6.07) is 4.39. The van der Waals surface area contributed by atoms with Gasteiger partial charge in [0.05, 0.1) is 11.9 Å². The molecule has 0 unspecified atom stereocenters. The summed E-state index contributed by atoms with van der Waals surface area (Å²) in [5.74, 6) is -2.49. The molecule has 1 aromatic carbocycles. The number of sulfonamides is 1. The second-order valence-corrected chi connectivity index (χ2v) is 8.52. The normalized spacial score (nSPS) is 14.0. The van der Waals surface area contributed by atoms with Gasteiger partial charge in [-0.05, 0) is 44.0 Å². The number of aromatic nitrogens is 3. The first kappa shape index (κ1) is 20.1. The summed E-state index contributed by atoms with van der Waals surface area (Å²) in [7, 11) is -4.20. The largest absolute Gasteiger partial charge is 0.320 e. The third-order valence-electron chi connectivity index (χ3n) is 4.55. The minimum absolute atomic E-state index is 0.185. The zero-order chi connectivity index (χ0) is 21.5. The second-order valence-electron chi connectivity index (χ2n) is 6.83. The van der Waals surface area contributed by atoms with Crippen LogP contribution >= 0.6 is 0 Å². The maximum absolute atomic E-state index is 14.8. The average molecular weight is 433 g/mol. The lowest BCUT2D eigenvalue weighted by Gasteiger charge is -2.12. The van der Waals surface area contributed by atoms with Crippen molar-refractivity contribution in [2.45, 2.75) is 30.7 Å². The molecule has 11 heteroatoms. The minimum Gasteiger partial charge on any atom is -0.320 e. The molecular weight excluding hydrogens is 416 g/mol. The highest BCUT2D eigenvalue weighted by molar-refractivity contribution is 7.89. The molecule has 4 rings (SSSR count). The number of imidazole rings is 1. The van der Waals surface area contributed by atoms with Crippen LogP contribution in [0.1, 0.15) is 29.0 Å². The molecule has 3 aromatic rings. The molecule has 2 heterocycles. The quantitative estimate of drug-likeness (QED) is 0.622. The van der Waals surface area contributed by atoms with E-state index in [1.54, 1.807) is 30.0 Å². The Morgan fingerprint density at radius 2 is 1.93 bits per heavy atom. The summed E-state index contributed by atoms with van der Waals surface area (Å²) in [6.07, 6.45) is 5.94. The standard InChI is InChI=1S/C19H17F2N5O3S/c1-11-22-8-9-26(11)16-7-4-13(10-23-16)24-19(27)17-14(20)5-6-15(18(17)21)30(28,29)25-12-2-3-12/h4-10,12,25H,2-3H2,1H3,(H,24,27). The molecule has 1 fully saturated rings. The van der Waals surface area contributed by atoms with Gasteiger partial charge in [-0.1, -0.05) is 0 Å². The molecule has 1 aliphatic carbocycles. The predicted molar refractivity (Wildman–Crippen MR) is 104 cm³/mol. The Labute approximate surface area is 171 Å². The first-order valence-electron chi connectivity index (χ1n) is 9.04. The fourth-order valence-electron chi connectivity index (χ4n) is 2.85. The van der Waals surface area contributed by atoms with Crippen LogP contribution in [0.2, 0.25) is 0 Å². The molecule has 1 amide bonds. The molecule has 30 heavy (non-hydrogen) atoms. The van der Waals surface area contributed by atoms with Crippen LogP contribution in [0.25, 0.3) is 5.82 Å². The molecule has 0 atom stereocenters. The Balaban J connectivity index is 1.59. The highest BCUT2D eigenvalue weighted by Crippen LogP contribution is 2.26. The van der Waals surface area contributed by atoms with Gasteiger partial charge in [-0.25, -0.2) is 31.9 Å². The van der Waals surface area contributed by atoms with Crippen LogP contribution in [-0.4, -0.2) is 34.9 Å². The SMILES string of the molecule is Cc1nccn1-c1ccc(NC(=O)c2c(F)ccc(S(=O)(=O)NC3CC3)c2F)cn1. The topological polar surface area (TPSA) is 106 Å². The van der Waals surface area contributed by atoms with Crippen molar-refractivity contribution in [2.24, 2.45) is 0 Å². The zero-order valence-corrected chi connectivity index (χ0v) is 16.6. The van der Waals surface area contributed by atoms with Crippen molar-refractivity contribution in [1.82, 2.24) is 19.3 Å². The summed E-state index contributed by atoms with van der Waals surface area (Å²) in [6.45, 7) is 1.79. The molecule has 0 spiro atoms. The van der Waals surface area contributed by atoms with Gasteiger partial charge in [0.2, 0.25) is 10.0 Å². The van der Waals surface area contributed by atoms with Gasteiger partial charge in [0.1, 0.15) is 27.9 Å². The van der Waals surface area contributed by atoms with E-state index in [1.165, 1.54) is 12.3 Å². The van der Waals surface area contributed by atoms with Gasteiger partial charge in [-0.2, -0.15) is 0 Å². The van der Waals surface area contributed by atoms with Crippen molar-refractivity contribution in [3.63, 3.8) is 0 Å². The van der Waals surface area contributed by atoms with Crippen LogP contribution in [-0.2, 0) is 10.0 Å². The minimum atomic E-state index is -4.20. The average Bonchev–Trinajstić information content (AvgIpc) is 3.38. The number of pyridine rings is 1. The molecule has 0 radical (unpaired) electrons. The molecule has 0 aliphatic heterocycles. The van der Waals surface area contributed by atoms with Gasteiger partial charge in [-0.3, -0.25) is 9.36 Å². The summed E-state index contributed by atoms with van der Waals surface area (Å²) in [5, 5.41) is 2.34. The highest BCUT2D eigenvalue weighted by atomic mass is 32.2. The van der Waals surface area contributed by atoms with Gasteiger partial charge >= 0.3 is 0 Å². The number of anilines is 1. The van der Waals surface area contributed by atoms with Gasteiger partial charge in [-0.15, -0.1) is 0 Å². The Hall–Kier alpha value is -3.18. The number of amides is 1. The van der Waals surface area contributed by atoms with Crippen molar-refractivity contribution < 1.29 is 22.0 Å². The number of halogens is 2. The van der Waals surface area contributed by atoms with Gasteiger partial charge in [0.15, 0.2) is 5.82 Å². The van der Waals surface area contributed by atoms with Crippen LogP contribution < -0.4 is 10.0 Å². The van der Waals surface area contributed by atoms with Crippen LogP contribution in [0.5, 0.6) is 0 Å². The molecule has 0 saturated heterocycles. The second kappa shape index (κ2) is 7.58. The first-order chi connectivity index (χ1) is 14.3. The fraction of sp³-hybridized carbons (Fsp3) is 0.211. The van der Waals surface area contributed by atoms with Crippen molar-refractivity contribution in [2.75, 3.05) is 5.32 Å². The van der Waals surface area contributed by atoms with E-state index in [0.29, 0.717) is 24.5 Å². The number of carbonyl (C=O) groups is 1. The molecule has 2 aromatic heterocycles. The van der Waals surface area contributed by atoms with Gasteiger partial charge in [0.25, 0.3) is 5.91 Å². The van der Waals surface area contributed by atoms with Gasteiger partial charge in [0, 0.05) is 18.4 Å². The van der Waals surface area contributed by atoms with Gasteiger partial charge < -0.3 is 5.32 Å². The van der Waals surface area contributed by atoms with Crippen LogP contribution in [0.15, 0.2) is 47.8 Å². The van der Waals surface area contributed by atoms with E-state index in [-0.39, 0.29) is 11.7 Å². The fourth-order valence-corrected chi connectivity index (χ4v) is 4.24. The number of carbonyl (C=O) groups excluding carboxylic acids is 1.